The molecule has 0 saturated carbocycles. The number of hydroxylamine groups is 2. The number of hydrogen-bond donors (Lipinski definition) is 4. The molecule has 0 radical (unpaired) electrons. The van der Waals surface area contributed by atoms with E-state index in [4.69, 9.17) is 4.84 Å². The van der Waals surface area contributed by atoms with Crippen LogP contribution < -0.4 is 123 Å². The summed E-state index contributed by atoms with van der Waals surface area (Å²) in [5, 5.41) is 0.329. The molecule has 404 valence electrons. The molecular weight excluding hydrogens is 1160 g/mol. The van der Waals surface area contributed by atoms with E-state index >= 15 is 8.78 Å². The molecular formula is C49H53F3N3Na4O16S4+5. The zero-order chi connectivity index (χ0) is 55.4. The van der Waals surface area contributed by atoms with Crippen LogP contribution in [0.15, 0.2) is 99.5 Å². The van der Waals surface area contributed by atoms with Crippen molar-refractivity contribution in [3.8, 4) is 0 Å². The van der Waals surface area contributed by atoms with Gasteiger partial charge in [-0.15, -0.1) is 5.06 Å². The molecule has 1 fully saturated rings. The number of hydrogen-bond acceptors (Lipinski definition) is 13. The van der Waals surface area contributed by atoms with Gasteiger partial charge in [-0.25, -0.2) is 18.0 Å². The number of nitrogens with zero attached hydrogens (tertiary/aromatic N) is 3. The van der Waals surface area contributed by atoms with E-state index in [9.17, 15) is 70.7 Å². The molecule has 4 N–H and O–H groups in total. The third-order valence-electron chi connectivity index (χ3n) is 13.6. The zero-order valence-electron chi connectivity index (χ0n) is 44.8. The topological polar surface area (TPSA) is 287 Å². The van der Waals surface area contributed by atoms with Crippen molar-refractivity contribution in [2.75, 3.05) is 29.5 Å². The number of halogens is 3. The van der Waals surface area contributed by atoms with E-state index in [0.717, 1.165) is 12.1 Å². The zero-order valence-corrected chi connectivity index (χ0v) is 56.1. The summed E-state index contributed by atoms with van der Waals surface area (Å²) in [6.07, 6.45) is 4.80. The van der Waals surface area contributed by atoms with E-state index in [2.05, 4.69) is 0 Å². The van der Waals surface area contributed by atoms with Gasteiger partial charge in [0, 0.05) is 72.4 Å². The van der Waals surface area contributed by atoms with Gasteiger partial charge in [0.1, 0.15) is 24.0 Å². The Kier molecular flexibility index (Phi) is 24.8. The average molecular weight is 1220 g/mol. The summed E-state index contributed by atoms with van der Waals surface area (Å²) in [7, 11) is -18.2. The van der Waals surface area contributed by atoms with Crippen molar-refractivity contribution in [2.45, 2.75) is 99.7 Å². The van der Waals surface area contributed by atoms with Crippen LogP contribution in [0.2, 0.25) is 0 Å². The summed E-state index contributed by atoms with van der Waals surface area (Å²) >= 11 is 0. The molecule has 19 nitrogen and oxygen atoms in total. The first-order valence-corrected chi connectivity index (χ1v) is 29.4. The number of carbonyl (C=O) groups is 3. The Morgan fingerprint density at radius 1 is 0.696 bits per heavy atom. The number of unbranched alkanes of at least 4 members (excludes halogenated alkanes) is 2. The SMILES string of the molecule is CC1(C)C(/C=C/C2=C(c3c(F)cc(F)cc3F)C(=C/C=C3/N(CCCCS(=O)(=O)O)c4ccc(S(=O)(=O)O)cc4C3(C)C)/CC(C(=O)ON3C(=O)CCC3=O)C2)=[N+](CCCCS(=O)(=O)O)c2ccc(S(=O)(=O)O)cc21.[Na+].[Na+].[Na+].[Na+]. The van der Waals surface area contributed by atoms with Crippen molar-refractivity contribution in [1.29, 1.82) is 0 Å². The van der Waals surface area contributed by atoms with Gasteiger partial charge in [0.05, 0.1) is 38.2 Å². The second-order valence-corrected chi connectivity index (χ2v) is 25.5. The van der Waals surface area contributed by atoms with Gasteiger partial charge in [0.15, 0.2) is 5.71 Å². The summed E-state index contributed by atoms with van der Waals surface area (Å²) < 4.78 is 184. The number of fused-ring (bicyclic) bond motifs is 2. The molecule has 0 aromatic heterocycles. The van der Waals surface area contributed by atoms with Crippen molar-refractivity contribution < 1.29 is 207 Å². The molecule has 79 heavy (non-hydrogen) atoms. The van der Waals surface area contributed by atoms with Crippen molar-refractivity contribution in [2.24, 2.45) is 5.92 Å². The van der Waals surface area contributed by atoms with Gasteiger partial charge in [-0.3, -0.25) is 27.8 Å². The Labute approximate surface area is 545 Å². The molecule has 0 spiro atoms. The predicted octanol–water partition coefficient (Wildman–Crippen LogP) is -5.04. The molecule has 0 bridgehead atoms. The molecule has 4 aliphatic rings. The maximum absolute atomic E-state index is 16.4. The Bertz CT molecular complexity index is 3530. The number of benzene rings is 3. The monoisotopic (exact) mass is 1220 g/mol. The fraction of sp³-hybridized carbons (Fsp3) is 0.388. The minimum absolute atomic E-state index is 0. The number of imide groups is 1. The van der Waals surface area contributed by atoms with Gasteiger partial charge < -0.3 is 9.74 Å². The smallest absolute Gasteiger partial charge is 0.344 e. The van der Waals surface area contributed by atoms with E-state index in [1.165, 1.54) is 48.6 Å². The fourth-order valence-corrected chi connectivity index (χ4v) is 12.1. The first kappa shape index (κ1) is 71.4. The van der Waals surface area contributed by atoms with Crippen molar-refractivity contribution in [3.05, 3.63) is 124 Å². The van der Waals surface area contributed by atoms with Gasteiger partial charge in [-0.1, -0.05) is 26.0 Å². The number of rotatable bonds is 18. The average Bonchev–Trinajstić information content (AvgIpc) is 3.80. The third-order valence-corrected chi connectivity index (χ3v) is 16.9. The van der Waals surface area contributed by atoms with Crippen molar-refractivity contribution in [1.82, 2.24) is 5.06 Å². The van der Waals surface area contributed by atoms with Gasteiger partial charge in [-0.05, 0) is 105 Å². The third kappa shape index (κ3) is 16.5. The molecule has 1 atom stereocenters. The van der Waals surface area contributed by atoms with E-state index in [-0.39, 0.29) is 187 Å². The molecule has 1 unspecified atom stereocenters. The van der Waals surface area contributed by atoms with Crippen LogP contribution in [0.5, 0.6) is 0 Å². The number of anilines is 1. The summed E-state index contributed by atoms with van der Waals surface area (Å²) in [6.45, 7) is 6.91. The molecule has 1 aliphatic carbocycles. The van der Waals surface area contributed by atoms with E-state index in [0.29, 0.717) is 51.1 Å². The second-order valence-electron chi connectivity index (χ2n) is 19.6. The van der Waals surface area contributed by atoms with Crippen LogP contribution in [-0.2, 0) is 70.5 Å². The van der Waals surface area contributed by atoms with Gasteiger partial charge >= 0.3 is 124 Å². The normalized spacial score (nSPS) is 19.1. The molecule has 3 aromatic carbocycles. The number of carbonyl (C=O) groups excluding carboxylic acids is 3. The van der Waals surface area contributed by atoms with Crippen LogP contribution >= 0.6 is 0 Å². The number of amides is 2. The molecule has 3 aliphatic heterocycles. The van der Waals surface area contributed by atoms with Gasteiger partial charge in [0.2, 0.25) is 5.69 Å². The Hall–Kier alpha value is -1.87. The van der Waals surface area contributed by atoms with Crippen LogP contribution in [0.25, 0.3) is 5.57 Å². The largest absolute Gasteiger partial charge is 1.00 e. The Morgan fingerprint density at radius 2 is 1.23 bits per heavy atom. The Balaban J connectivity index is 0.00000410. The number of allylic oxidation sites excluding steroid dienone is 8. The van der Waals surface area contributed by atoms with Gasteiger partial charge in [0.25, 0.3) is 52.3 Å². The van der Waals surface area contributed by atoms with Crippen LogP contribution in [0.3, 0.4) is 0 Å². The van der Waals surface area contributed by atoms with Crippen LogP contribution in [0.1, 0.15) is 95.8 Å². The summed E-state index contributed by atoms with van der Waals surface area (Å²) in [5.41, 5.74) is -0.867. The maximum atomic E-state index is 16.4. The van der Waals surface area contributed by atoms with Crippen molar-refractivity contribution in [3.63, 3.8) is 0 Å². The molecule has 3 heterocycles. The molecule has 30 heteroatoms. The van der Waals surface area contributed by atoms with Crippen LogP contribution in [0, 0.1) is 23.4 Å². The Morgan fingerprint density at radius 3 is 1.77 bits per heavy atom. The molecule has 7 rings (SSSR count). The predicted molar refractivity (Wildman–Crippen MR) is 265 cm³/mol. The summed E-state index contributed by atoms with van der Waals surface area (Å²) in [6, 6.07) is 8.53. The standard InChI is InChI=1S/C49H52F3N3O16S4.4Na/c1-48(2)35-27-33(74(65,66)67)11-13-39(35)53(19-5-7-21-72(59,60)61)41(48)15-9-29-23-31(47(58)71-55-43(56)17-18-44(55)57)24-30(45(29)46-37(51)25-32(50)26-38(46)52)10-16-42-49(3,4)36-28-34(75(68,69)70)12-14-40(36)54(42)20-6-8-22-73(62,63)64;;;;/h9-16,25-28,31H,5-8,17-24H2,1-4H3,(H3-,59,60,61,62,63,64,65,66,67,68,69,70);;;;/q;4*+1/p+1. The van der Waals surface area contributed by atoms with E-state index < -0.39 is 132 Å². The van der Waals surface area contributed by atoms with Crippen LogP contribution in [0.4, 0.5) is 24.5 Å². The summed E-state index contributed by atoms with van der Waals surface area (Å²) in [5.74, 6) is -9.22. The first-order chi connectivity index (χ1) is 34.7. The quantitative estimate of drug-likeness (QED) is 0.0305. The second kappa shape index (κ2) is 27.4. The van der Waals surface area contributed by atoms with E-state index in [1.54, 1.807) is 37.2 Å². The molecule has 3 aromatic rings. The summed E-state index contributed by atoms with van der Waals surface area (Å²) in [4.78, 5) is 45.7. The maximum Gasteiger partial charge on any atom is 1.00 e. The van der Waals surface area contributed by atoms with E-state index in [1.807, 2.05) is 0 Å². The molecule has 2 amide bonds. The van der Waals surface area contributed by atoms with Crippen LogP contribution in [-0.4, -0.2) is 110 Å². The van der Waals surface area contributed by atoms with Crippen molar-refractivity contribution >= 4 is 80.9 Å². The minimum Gasteiger partial charge on any atom is -0.344 e. The molecule has 1 saturated heterocycles. The fourth-order valence-electron chi connectivity index (χ4n) is 9.99. The first-order valence-electron chi connectivity index (χ1n) is 23.3. The van der Waals surface area contributed by atoms with Gasteiger partial charge in [-0.2, -0.15) is 38.2 Å². The minimum atomic E-state index is -4.73.